The van der Waals surface area contributed by atoms with Crippen LogP contribution in [0.25, 0.3) is 10.9 Å². The Morgan fingerprint density at radius 3 is 2.65 bits per heavy atom. The average Bonchev–Trinajstić information content (AvgIpc) is 2.35. The van der Waals surface area contributed by atoms with Crippen molar-refractivity contribution in [2.24, 2.45) is 0 Å². The first-order chi connectivity index (χ1) is 8.15. The number of aromatic nitrogens is 1. The molecule has 88 valence electrons. The molecule has 0 radical (unpaired) electrons. The summed E-state index contributed by atoms with van der Waals surface area (Å²) in [5.74, 6) is 0.387. The van der Waals surface area contributed by atoms with E-state index in [4.69, 9.17) is 4.74 Å². The fourth-order valence-electron chi connectivity index (χ4n) is 1.74. The van der Waals surface area contributed by atoms with Crippen LogP contribution >= 0.6 is 0 Å². The molecule has 1 heterocycles. The molecular weight excluding hydrogens is 218 g/mol. The molecule has 4 nitrogen and oxygen atoms in total. The first-order valence-corrected chi connectivity index (χ1v) is 5.19. The third-order valence-corrected chi connectivity index (χ3v) is 2.54. The zero-order valence-corrected chi connectivity index (χ0v) is 9.98. The zero-order chi connectivity index (χ0) is 12.4. The first-order valence-electron chi connectivity index (χ1n) is 5.19. The summed E-state index contributed by atoms with van der Waals surface area (Å²) in [5, 5.41) is 0.880. The number of methoxy groups -OCH3 is 2. The Kier molecular flexibility index (Phi) is 2.95. The lowest BCUT2D eigenvalue weighted by molar-refractivity contribution is 0.0601. The summed E-state index contributed by atoms with van der Waals surface area (Å²) < 4.78 is 9.95. The number of fused-ring (bicyclic) bond motifs is 1. The first kappa shape index (κ1) is 11.4. The molecule has 1 aromatic carbocycles. The minimum absolute atomic E-state index is 0.367. The molecule has 2 aromatic rings. The smallest absolute Gasteiger partial charge is 0.337 e. The van der Waals surface area contributed by atoms with E-state index in [0.717, 1.165) is 22.3 Å². The van der Waals surface area contributed by atoms with Crippen molar-refractivity contribution >= 4 is 16.9 Å². The van der Waals surface area contributed by atoms with E-state index < -0.39 is 0 Å². The molecule has 0 unspecified atom stereocenters. The van der Waals surface area contributed by atoms with Gasteiger partial charge in [0.05, 0.1) is 25.3 Å². The number of aryl methyl sites for hydroxylation is 1. The highest BCUT2D eigenvalue weighted by atomic mass is 16.5. The molecule has 0 spiro atoms. The molecular formula is C13H13NO3. The summed E-state index contributed by atoms with van der Waals surface area (Å²) in [6, 6.07) is 7.08. The SMILES string of the molecule is COC(=O)c1ccc2c(OC)cc(C)nc2c1. The molecule has 4 heteroatoms. The monoisotopic (exact) mass is 231 g/mol. The van der Waals surface area contributed by atoms with E-state index in [1.54, 1.807) is 19.2 Å². The number of hydrogen-bond donors (Lipinski definition) is 0. The Labute approximate surface area is 99.2 Å². The van der Waals surface area contributed by atoms with Gasteiger partial charge in [-0.25, -0.2) is 4.79 Å². The number of rotatable bonds is 2. The lowest BCUT2D eigenvalue weighted by Gasteiger charge is -2.07. The molecule has 0 aliphatic rings. The number of benzene rings is 1. The fraction of sp³-hybridized carbons (Fsp3) is 0.231. The van der Waals surface area contributed by atoms with Crippen molar-refractivity contribution in [1.29, 1.82) is 0 Å². The minimum atomic E-state index is -0.367. The Morgan fingerprint density at radius 2 is 2.00 bits per heavy atom. The van der Waals surface area contributed by atoms with Crippen molar-refractivity contribution in [3.63, 3.8) is 0 Å². The van der Waals surface area contributed by atoms with E-state index in [0.29, 0.717) is 5.56 Å². The Balaban J connectivity index is 2.65. The quantitative estimate of drug-likeness (QED) is 0.744. The molecule has 0 fully saturated rings. The molecule has 0 saturated heterocycles. The minimum Gasteiger partial charge on any atom is -0.496 e. The van der Waals surface area contributed by atoms with Gasteiger partial charge in [-0.15, -0.1) is 0 Å². The maximum absolute atomic E-state index is 11.4. The number of ether oxygens (including phenoxy) is 2. The van der Waals surface area contributed by atoms with Gasteiger partial charge in [-0.05, 0) is 25.1 Å². The maximum atomic E-state index is 11.4. The maximum Gasteiger partial charge on any atom is 0.337 e. The molecule has 0 atom stereocenters. The van der Waals surface area contributed by atoms with Crippen LogP contribution in [0.4, 0.5) is 0 Å². The van der Waals surface area contributed by atoms with E-state index in [2.05, 4.69) is 9.72 Å². The van der Waals surface area contributed by atoms with E-state index in [1.807, 2.05) is 19.1 Å². The third kappa shape index (κ3) is 2.06. The summed E-state index contributed by atoms with van der Waals surface area (Å²) in [6.07, 6.45) is 0. The van der Waals surface area contributed by atoms with Crippen LogP contribution in [0, 0.1) is 6.92 Å². The molecule has 0 amide bonds. The van der Waals surface area contributed by atoms with Crippen LogP contribution in [-0.4, -0.2) is 25.2 Å². The number of carbonyl (C=O) groups excluding carboxylic acids is 1. The molecule has 1 aromatic heterocycles. The third-order valence-electron chi connectivity index (χ3n) is 2.54. The zero-order valence-electron chi connectivity index (χ0n) is 9.98. The van der Waals surface area contributed by atoms with E-state index in [-0.39, 0.29) is 5.97 Å². The van der Waals surface area contributed by atoms with Crippen molar-refractivity contribution < 1.29 is 14.3 Å². The molecule has 0 saturated carbocycles. The second kappa shape index (κ2) is 4.41. The van der Waals surface area contributed by atoms with Crippen molar-refractivity contribution in [3.05, 3.63) is 35.5 Å². The molecule has 2 rings (SSSR count). The topological polar surface area (TPSA) is 48.4 Å². The van der Waals surface area contributed by atoms with Gasteiger partial charge in [-0.1, -0.05) is 0 Å². The van der Waals surface area contributed by atoms with Gasteiger partial charge in [-0.2, -0.15) is 0 Å². The average molecular weight is 231 g/mol. The van der Waals surface area contributed by atoms with Crippen LogP contribution in [0.2, 0.25) is 0 Å². The van der Waals surface area contributed by atoms with E-state index >= 15 is 0 Å². The number of nitrogens with zero attached hydrogens (tertiary/aromatic N) is 1. The van der Waals surface area contributed by atoms with Crippen molar-refractivity contribution in [2.45, 2.75) is 6.92 Å². The van der Waals surface area contributed by atoms with Crippen molar-refractivity contribution in [2.75, 3.05) is 14.2 Å². The summed E-state index contributed by atoms with van der Waals surface area (Å²) in [6.45, 7) is 1.88. The van der Waals surface area contributed by atoms with Gasteiger partial charge in [-0.3, -0.25) is 4.98 Å². The van der Waals surface area contributed by atoms with Crippen LogP contribution in [0.1, 0.15) is 16.1 Å². The second-order valence-electron chi connectivity index (χ2n) is 3.69. The molecule has 17 heavy (non-hydrogen) atoms. The van der Waals surface area contributed by atoms with Gasteiger partial charge in [0.25, 0.3) is 0 Å². The largest absolute Gasteiger partial charge is 0.496 e. The van der Waals surface area contributed by atoms with Crippen LogP contribution in [-0.2, 0) is 4.74 Å². The summed E-state index contributed by atoms with van der Waals surface area (Å²) in [7, 11) is 2.97. The summed E-state index contributed by atoms with van der Waals surface area (Å²) in [4.78, 5) is 15.8. The van der Waals surface area contributed by atoms with Crippen LogP contribution in [0.15, 0.2) is 24.3 Å². The Bertz CT molecular complexity index is 578. The number of hydrogen-bond acceptors (Lipinski definition) is 4. The van der Waals surface area contributed by atoms with Crippen molar-refractivity contribution in [3.8, 4) is 5.75 Å². The molecule has 0 aliphatic heterocycles. The lowest BCUT2D eigenvalue weighted by atomic mass is 10.1. The van der Waals surface area contributed by atoms with Gasteiger partial charge in [0.15, 0.2) is 0 Å². The normalized spacial score (nSPS) is 10.3. The summed E-state index contributed by atoms with van der Waals surface area (Å²) in [5.41, 5.74) is 2.06. The second-order valence-corrected chi connectivity index (χ2v) is 3.69. The molecule has 0 bridgehead atoms. The highest BCUT2D eigenvalue weighted by Crippen LogP contribution is 2.26. The van der Waals surface area contributed by atoms with Gasteiger partial charge in [0.1, 0.15) is 5.75 Å². The van der Waals surface area contributed by atoms with Crippen LogP contribution in [0.5, 0.6) is 5.75 Å². The lowest BCUT2D eigenvalue weighted by Crippen LogP contribution is -2.01. The Morgan fingerprint density at radius 1 is 1.24 bits per heavy atom. The van der Waals surface area contributed by atoms with Gasteiger partial charge in [0, 0.05) is 17.1 Å². The highest BCUT2D eigenvalue weighted by molar-refractivity contribution is 5.95. The predicted molar refractivity (Wildman–Crippen MR) is 64.4 cm³/mol. The fourth-order valence-corrected chi connectivity index (χ4v) is 1.74. The Hall–Kier alpha value is -2.10. The van der Waals surface area contributed by atoms with Gasteiger partial charge >= 0.3 is 5.97 Å². The van der Waals surface area contributed by atoms with E-state index in [9.17, 15) is 4.79 Å². The molecule has 0 aliphatic carbocycles. The predicted octanol–water partition coefficient (Wildman–Crippen LogP) is 2.34. The van der Waals surface area contributed by atoms with Crippen molar-refractivity contribution in [1.82, 2.24) is 4.98 Å². The van der Waals surface area contributed by atoms with Crippen LogP contribution < -0.4 is 4.74 Å². The number of pyridine rings is 1. The standard InChI is InChI=1S/C13H13NO3/c1-8-6-12(16-2)10-5-4-9(13(15)17-3)7-11(10)14-8/h4-7H,1-3H3. The van der Waals surface area contributed by atoms with Gasteiger partial charge < -0.3 is 9.47 Å². The van der Waals surface area contributed by atoms with Crippen LogP contribution in [0.3, 0.4) is 0 Å². The van der Waals surface area contributed by atoms with Gasteiger partial charge in [0.2, 0.25) is 0 Å². The van der Waals surface area contributed by atoms with E-state index in [1.165, 1.54) is 7.11 Å². The summed E-state index contributed by atoms with van der Waals surface area (Å²) >= 11 is 0. The number of carbonyl (C=O) groups is 1. The highest BCUT2D eigenvalue weighted by Gasteiger charge is 2.09. The number of esters is 1. The molecule has 0 N–H and O–H groups in total.